The Morgan fingerprint density at radius 3 is 2.17 bits per heavy atom. The van der Waals surface area contributed by atoms with Crippen LogP contribution in [0.25, 0.3) is 0 Å². The van der Waals surface area contributed by atoms with Crippen molar-refractivity contribution in [3.63, 3.8) is 0 Å². The van der Waals surface area contributed by atoms with Crippen LogP contribution in [-0.4, -0.2) is 24.1 Å². The fourth-order valence-corrected chi connectivity index (χ4v) is 6.54. The first-order chi connectivity index (χ1) is 17.3. The molecule has 0 fully saturated rings. The van der Waals surface area contributed by atoms with E-state index in [4.69, 9.17) is 9.47 Å². The van der Waals surface area contributed by atoms with E-state index in [1.165, 1.54) is 0 Å². The maximum absolute atomic E-state index is 13.0. The molecule has 0 unspecified atom stereocenters. The van der Waals surface area contributed by atoms with Crippen LogP contribution >= 0.6 is 31.9 Å². The lowest BCUT2D eigenvalue weighted by molar-refractivity contribution is -0.119. The molecule has 2 aliphatic carbocycles. The van der Waals surface area contributed by atoms with Gasteiger partial charge in [0.25, 0.3) is 5.91 Å². The maximum Gasteiger partial charge on any atom is 0.262 e. The SMILES string of the molecule is Cc1cccc(NC(=O)COc2c(Br)cc(C3C4=C(CCCC4=O)OC4=C3C(=O)CCC4)cc2Br)c1. The first-order valence-electron chi connectivity index (χ1n) is 12.0. The number of hydrogen-bond acceptors (Lipinski definition) is 5. The minimum atomic E-state index is -0.462. The molecule has 5 rings (SSSR count). The van der Waals surface area contributed by atoms with Gasteiger partial charge in [0, 0.05) is 48.4 Å². The summed E-state index contributed by atoms with van der Waals surface area (Å²) in [5.74, 6) is 1.19. The third-order valence-electron chi connectivity index (χ3n) is 6.64. The van der Waals surface area contributed by atoms with Crippen LogP contribution in [0.1, 0.15) is 55.6 Å². The number of ether oxygens (including phenoxy) is 2. The fraction of sp³-hybridized carbons (Fsp3) is 0.321. The molecule has 3 aliphatic rings. The number of amides is 1. The number of rotatable bonds is 5. The number of nitrogens with one attached hydrogen (secondary N) is 1. The smallest absolute Gasteiger partial charge is 0.262 e. The van der Waals surface area contributed by atoms with Crippen molar-refractivity contribution in [2.75, 3.05) is 11.9 Å². The predicted octanol–water partition coefficient (Wildman–Crippen LogP) is 6.67. The number of benzene rings is 2. The Morgan fingerprint density at radius 2 is 1.58 bits per heavy atom. The normalized spacial score (nSPS) is 18.0. The number of allylic oxidation sites excluding steroid dienone is 4. The van der Waals surface area contributed by atoms with Crippen molar-refractivity contribution in [2.24, 2.45) is 0 Å². The van der Waals surface area contributed by atoms with Gasteiger partial charge in [-0.05, 0) is 87.0 Å². The second-order valence-corrected chi connectivity index (χ2v) is 11.0. The van der Waals surface area contributed by atoms with Crippen LogP contribution in [0, 0.1) is 6.92 Å². The molecule has 0 saturated heterocycles. The van der Waals surface area contributed by atoms with E-state index < -0.39 is 5.92 Å². The molecule has 1 heterocycles. The number of hydrogen-bond donors (Lipinski definition) is 1. The van der Waals surface area contributed by atoms with Crippen molar-refractivity contribution in [1.82, 2.24) is 0 Å². The van der Waals surface area contributed by atoms with Crippen LogP contribution in [0.3, 0.4) is 0 Å². The van der Waals surface area contributed by atoms with Crippen molar-refractivity contribution < 1.29 is 23.9 Å². The van der Waals surface area contributed by atoms with Gasteiger partial charge in [0.1, 0.15) is 17.3 Å². The van der Waals surface area contributed by atoms with E-state index in [1.807, 2.05) is 43.3 Å². The van der Waals surface area contributed by atoms with Gasteiger partial charge in [0.2, 0.25) is 0 Å². The molecule has 0 bridgehead atoms. The molecule has 186 valence electrons. The molecule has 0 saturated carbocycles. The Bertz CT molecular complexity index is 1280. The Hall–Kier alpha value is -2.71. The molecule has 1 N–H and O–H groups in total. The zero-order valence-corrected chi connectivity index (χ0v) is 23.0. The second-order valence-electron chi connectivity index (χ2n) is 9.28. The van der Waals surface area contributed by atoms with Crippen LogP contribution < -0.4 is 10.1 Å². The number of ketones is 2. The van der Waals surface area contributed by atoms with E-state index in [0.717, 1.165) is 24.0 Å². The summed E-state index contributed by atoms with van der Waals surface area (Å²) < 4.78 is 13.2. The van der Waals surface area contributed by atoms with Crippen LogP contribution in [0.2, 0.25) is 0 Å². The Kier molecular flexibility index (Phi) is 7.17. The van der Waals surface area contributed by atoms with E-state index in [-0.39, 0.29) is 24.1 Å². The third kappa shape index (κ3) is 4.93. The zero-order chi connectivity index (χ0) is 25.4. The van der Waals surface area contributed by atoms with Crippen LogP contribution in [0.5, 0.6) is 5.75 Å². The molecule has 36 heavy (non-hydrogen) atoms. The number of carbonyl (C=O) groups is 3. The Labute approximate surface area is 226 Å². The van der Waals surface area contributed by atoms with Crippen molar-refractivity contribution in [3.8, 4) is 5.75 Å². The number of carbonyl (C=O) groups excluding carboxylic acids is 3. The molecular weight excluding hydrogens is 590 g/mol. The monoisotopic (exact) mass is 613 g/mol. The van der Waals surface area contributed by atoms with Crippen LogP contribution in [-0.2, 0) is 19.1 Å². The second kappa shape index (κ2) is 10.3. The van der Waals surface area contributed by atoms with Crippen molar-refractivity contribution >= 4 is 55.0 Å². The quantitative estimate of drug-likeness (QED) is 0.407. The minimum absolute atomic E-state index is 0.0339. The molecule has 0 atom stereocenters. The van der Waals surface area contributed by atoms with E-state index in [1.54, 1.807) is 0 Å². The molecule has 0 aromatic heterocycles. The number of anilines is 1. The van der Waals surface area contributed by atoms with Gasteiger partial charge in [0.15, 0.2) is 18.2 Å². The molecule has 2 aromatic rings. The lowest BCUT2D eigenvalue weighted by Crippen LogP contribution is -2.30. The summed E-state index contributed by atoms with van der Waals surface area (Å²) in [6.07, 6.45) is 3.81. The molecule has 0 radical (unpaired) electrons. The maximum atomic E-state index is 13.0. The summed E-state index contributed by atoms with van der Waals surface area (Å²) in [6.45, 7) is 1.78. The molecule has 2 aromatic carbocycles. The molecule has 1 aliphatic heterocycles. The Morgan fingerprint density at radius 1 is 0.972 bits per heavy atom. The van der Waals surface area contributed by atoms with Crippen molar-refractivity contribution in [3.05, 3.63) is 79.1 Å². The zero-order valence-electron chi connectivity index (χ0n) is 19.8. The van der Waals surface area contributed by atoms with Gasteiger partial charge >= 0.3 is 0 Å². The average molecular weight is 615 g/mol. The number of halogens is 2. The predicted molar refractivity (Wildman–Crippen MR) is 143 cm³/mol. The lowest BCUT2D eigenvalue weighted by Gasteiger charge is -2.36. The summed E-state index contributed by atoms with van der Waals surface area (Å²) >= 11 is 7.15. The van der Waals surface area contributed by atoms with Gasteiger partial charge < -0.3 is 14.8 Å². The van der Waals surface area contributed by atoms with Gasteiger partial charge in [-0.2, -0.15) is 0 Å². The summed E-state index contributed by atoms with van der Waals surface area (Å²) in [7, 11) is 0. The largest absolute Gasteiger partial charge is 0.481 e. The molecule has 8 heteroatoms. The van der Waals surface area contributed by atoms with E-state index in [9.17, 15) is 14.4 Å². The van der Waals surface area contributed by atoms with E-state index >= 15 is 0 Å². The number of Topliss-reactive ketones (excluding diaryl/α,β-unsaturated/α-hetero) is 2. The Balaban J connectivity index is 1.42. The third-order valence-corrected chi connectivity index (χ3v) is 7.82. The van der Waals surface area contributed by atoms with Gasteiger partial charge in [-0.1, -0.05) is 12.1 Å². The highest BCUT2D eigenvalue weighted by Gasteiger charge is 2.42. The van der Waals surface area contributed by atoms with Gasteiger partial charge in [0.05, 0.1) is 8.95 Å². The highest BCUT2D eigenvalue weighted by molar-refractivity contribution is 9.11. The average Bonchev–Trinajstić information content (AvgIpc) is 2.82. The highest BCUT2D eigenvalue weighted by atomic mass is 79.9. The highest BCUT2D eigenvalue weighted by Crippen LogP contribution is 2.49. The molecule has 6 nitrogen and oxygen atoms in total. The summed E-state index contributed by atoms with van der Waals surface area (Å²) in [5, 5.41) is 2.83. The molecular formula is C28H25Br2NO5. The van der Waals surface area contributed by atoms with Crippen LogP contribution in [0.15, 0.2) is 68.0 Å². The first kappa shape index (κ1) is 25.0. The number of aryl methyl sites for hydroxylation is 1. The van der Waals surface area contributed by atoms with Crippen molar-refractivity contribution in [2.45, 2.75) is 51.4 Å². The topological polar surface area (TPSA) is 81.7 Å². The van der Waals surface area contributed by atoms with E-state index in [2.05, 4.69) is 37.2 Å². The van der Waals surface area contributed by atoms with Gasteiger partial charge in [-0.15, -0.1) is 0 Å². The van der Waals surface area contributed by atoms with Crippen molar-refractivity contribution in [1.29, 1.82) is 0 Å². The lowest BCUT2D eigenvalue weighted by atomic mass is 9.73. The fourth-order valence-electron chi connectivity index (χ4n) is 5.09. The molecule has 0 spiro atoms. The van der Waals surface area contributed by atoms with Gasteiger partial charge in [-0.25, -0.2) is 0 Å². The van der Waals surface area contributed by atoms with E-state index in [0.29, 0.717) is 68.7 Å². The van der Waals surface area contributed by atoms with Gasteiger partial charge in [-0.3, -0.25) is 14.4 Å². The summed E-state index contributed by atoms with van der Waals surface area (Å²) in [4.78, 5) is 38.5. The van der Waals surface area contributed by atoms with Crippen LogP contribution in [0.4, 0.5) is 5.69 Å². The minimum Gasteiger partial charge on any atom is -0.481 e. The summed E-state index contributed by atoms with van der Waals surface area (Å²) in [6, 6.07) is 11.3. The standard InChI is InChI=1S/C28H25Br2NO5/c1-15-5-2-6-17(11-15)31-24(34)14-35-28-18(29)12-16(13-19(28)30)25-26-20(32)7-3-9-22(26)36-23-10-4-8-21(33)27(23)25/h2,5-6,11-13,25H,3-4,7-10,14H2,1H3,(H,31,34). The summed E-state index contributed by atoms with van der Waals surface area (Å²) in [5.41, 5.74) is 3.76. The molecule has 1 amide bonds. The first-order valence-corrected chi connectivity index (χ1v) is 13.6.